The molecule has 1 unspecified atom stereocenters. The van der Waals surface area contributed by atoms with Crippen LogP contribution in [-0.4, -0.2) is 42.6 Å². The fourth-order valence-corrected chi connectivity index (χ4v) is 2.93. The Bertz CT molecular complexity index is 551. The normalized spacial score (nSPS) is 26.0. The highest BCUT2D eigenvalue weighted by molar-refractivity contribution is 5.78. The van der Waals surface area contributed by atoms with Crippen LogP contribution in [0, 0.1) is 0 Å². The Kier molecular flexibility index (Phi) is 3.86. The first kappa shape index (κ1) is 15.3. The number of alkyl halides is 3. The number of carbonyl (C=O) groups is 1. The molecule has 4 nitrogen and oxygen atoms in total. The Morgan fingerprint density at radius 3 is 2.59 bits per heavy atom. The van der Waals surface area contributed by atoms with Gasteiger partial charge < -0.3 is 15.0 Å². The highest BCUT2D eigenvalue weighted by Gasteiger charge is 2.42. The molecule has 1 aromatic carbocycles. The Labute approximate surface area is 126 Å². The molecule has 3 rings (SSSR count). The summed E-state index contributed by atoms with van der Waals surface area (Å²) in [6.07, 6.45) is -3.50. The molecule has 2 aliphatic rings. The number of morpholine rings is 1. The average Bonchev–Trinajstić information content (AvgIpc) is 2.91. The molecule has 1 atom stereocenters. The van der Waals surface area contributed by atoms with Gasteiger partial charge in [-0.25, -0.2) is 0 Å². The zero-order valence-electron chi connectivity index (χ0n) is 11.9. The maximum absolute atomic E-state index is 12.6. The van der Waals surface area contributed by atoms with Crippen LogP contribution in [0.5, 0.6) is 0 Å². The number of halogens is 3. The first-order chi connectivity index (χ1) is 10.4. The van der Waals surface area contributed by atoms with Crippen molar-refractivity contribution in [3.8, 4) is 0 Å². The fraction of sp³-hybridized carbons (Fsp3) is 0.533. The van der Waals surface area contributed by atoms with Crippen molar-refractivity contribution in [2.75, 3.05) is 26.2 Å². The summed E-state index contributed by atoms with van der Waals surface area (Å²) >= 11 is 0. The largest absolute Gasteiger partial charge is 0.416 e. The minimum atomic E-state index is -4.34. The van der Waals surface area contributed by atoms with E-state index in [0.29, 0.717) is 25.2 Å². The lowest BCUT2D eigenvalue weighted by Gasteiger charge is -2.39. The summed E-state index contributed by atoms with van der Waals surface area (Å²) in [4.78, 5) is 13.6. The second-order valence-corrected chi connectivity index (χ2v) is 5.84. The molecule has 2 fully saturated rings. The van der Waals surface area contributed by atoms with Crippen molar-refractivity contribution in [1.82, 2.24) is 10.2 Å². The molecule has 0 radical (unpaired) electrons. The predicted octanol–water partition coefficient (Wildman–Crippen LogP) is 1.80. The van der Waals surface area contributed by atoms with E-state index < -0.39 is 11.7 Å². The maximum atomic E-state index is 12.6. The van der Waals surface area contributed by atoms with E-state index in [1.54, 1.807) is 4.90 Å². The van der Waals surface area contributed by atoms with Crippen LogP contribution < -0.4 is 5.32 Å². The zero-order chi connectivity index (χ0) is 15.8. The second-order valence-electron chi connectivity index (χ2n) is 5.84. The van der Waals surface area contributed by atoms with Crippen LogP contribution in [0.2, 0.25) is 0 Å². The molecule has 1 aromatic rings. The van der Waals surface area contributed by atoms with E-state index in [4.69, 9.17) is 4.74 Å². The summed E-state index contributed by atoms with van der Waals surface area (Å²) in [6.45, 7) is 2.36. The molecule has 0 aliphatic carbocycles. The van der Waals surface area contributed by atoms with Gasteiger partial charge in [0.15, 0.2) is 0 Å². The smallest absolute Gasteiger partial charge is 0.362 e. The van der Waals surface area contributed by atoms with Crippen LogP contribution in [0.3, 0.4) is 0 Å². The third-order valence-corrected chi connectivity index (χ3v) is 4.19. The number of carbonyl (C=O) groups excluding carboxylic acids is 1. The molecule has 7 heteroatoms. The second kappa shape index (κ2) is 5.55. The molecule has 1 amide bonds. The lowest BCUT2D eigenvalue weighted by Crippen LogP contribution is -2.55. The van der Waals surface area contributed by atoms with E-state index in [2.05, 4.69) is 5.32 Å². The van der Waals surface area contributed by atoms with Gasteiger partial charge in [-0.15, -0.1) is 0 Å². The van der Waals surface area contributed by atoms with Crippen molar-refractivity contribution in [2.45, 2.75) is 24.7 Å². The van der Waals surface area contributed by atoms with Crippen molar-refractivity contribution in [2.24, 2.45) is 0 Å². The number of rotatable bonds is 2. The first-order valence-electron chi connectivity index (χ1n) is 7.17. The number of ether oxygens (including phenoxy) is 1. The number of hydrogen-bond donors (Lipinski definition) is 1. The summed E-state index contributed by atoms with van der Waals surface area (Å²) < 4.78 is 43.3. The van der Waals surface area contributed by atoms with Gasteiger partial charge in [-0.2, -0.15) is 13.2 Å². The topological polar surface area (TPSA) is 41.6 Å². The molecule has 1 N–H and O–H groups in total. The van der Waals surface area contributed by atoms with Crippen molar-refractivity contribution in [3.63, 3.8) is 0 Å². The third-order valence-electron chi connectivity index (χ3n) is 4.19. The van der Waals surface area contributed by atoms with E-state index in [1.807, 2.05) is 0 Å². The number of nitrogens with one attached hydrogen (secondary N) is 1. The molecule has 120 valence electrons. The van der Waals surface area contributed by atoms with Crippen molar-refractivity contribution < 1.29 is 22.7 Å². The lowest BCUT2D eigenvalue weighted by molar-refractivity contribution is -0.161. The Hall–Kier alpha value is -1.60. The van der Waals surface area contributed by atoms with Crippen LogP contribution in [0.15, 0.2) is 24.3 Å². The molecule has 22 heavy (non-hydrogen) atoms. The lowest BCUT2D eigenvalue weighted by atomic mass is 10.00. The van der Waals surface area contributed by atoms with Gasteiger partial charge in [-0.1, -0.05) is 12.1 Å². The molecule has 1 spiro atoms. The van der Waals surface area contributed by atoms with E-state index >= 15 is 0 Å². The van der Waals surface area contributed by atoms with Gasteiger partial charge in [-0.3, -0.25) is 4.79 Å². The van der Waals surface area contributed by atoms with Crippen LogP contribution in [0.25, 0.3) is 0 Å². The number of benzene rings is 1. The summed E-state index contributed by atoms with van der Waals surface area (Å²) in [5, 5.41) is 3.22. The van der Waals surface area contributed by atoms with E-state index in [9.17, 15) is 18.0 Å². The number of amides is 1. The summed E-state index contributed by atoms with van der Waals surface area (Å²) in [6, 6.07) is 4.94. The van der Waals surface area contributed by atoms with Crippen LogP contribution in [0.1, 0.15) is 17.5 Å². The summed E-state index contributed by atoms with van der Waals surface area (Å²) in [7, 11) is 0. The quantitative estimate of drug-likeness (QED) is 0.905. The highest BCUT2D eigenvalue weighted by Crippen LogP contribution is 2.30. The first-order valence-corrected chi connectivity index (χ1v) is 7.17. The predicted molar refractivity (Wildman–Crippen MR) is 73.0 cm³/mol. The highest BCUT2D eigenvalue weighted by atomic mass is 19.4. The van der Waals surface area contributed by atoms with Gasteiger partial charge in [-0.05, 0) is 30.7 Å². The minimum absolute atomic E-state index is 0.0301. The van der Waals surface area contributed by atoms with Gasteiger partial charge >= 0.3 is 6.18 Å². The SMILES string of the molecule is O=C1COC2(CCNC2)CN1Cc1ccc(C(F)(F)F)cc1. The zero-order valence-corrected chi connectivity index (χ0v) is 11.9. The monoisotopic (exact) mass is 314 g/mol. The Balaban J connectivity index is 1.70. The summed E-state index contributed by atoms with van der Waals surface area (Å²) in [5.41, 5.74) is -0.342. The van der Waals surface area contributed by atoms with Crippen molar-refractivity contribution in [1.29, 1.82) is 0 Å². The van der Waals surface area contributed by atoms with Crippen LogP contribution in [-0.2, 0) is 22.3 Å². The molecule has 0 aromatic heterocycles. The third kappa shape index (κ3) is 3.10. The van der Waals surface area contributed by atoms with Crippen molar-refractivity contribution in [3.05, 3.63) is 35.4 Å². The summed E-state index contributed by atoms with van der Waals surface area (Å²) in [5.74, 6) is -0.127. The molecule has 0 bridgehead atoms. The van der Waals surface area contributed by atoms with Crippen molar-refractivity contribution >= 4 is 5.91 Å². The Morgan fingerprint density at radius 1 is 1.27 bits per heavy atom. The molecular formula is C15H17F3N2O2. The molecule has 2 saturated heterocycles. The van der Waals surface area contributed by atoms with Gasteiger partial charge in [0.1, 0.15) is 6.61 Å². The molecule has 0 saturated carbocycles. The minimum Gasteiger partial charge on any atom is -0.362 e. The van der Waals surface area contributed by atoms with Gasteiger partial charge in [0.2, 0.25) is 5.91 Å². The van der Waals surface area contributed by atoms with E-state index in [0.717, 1.165) is 25.1 Å². The standard InChI is InChI=1S/C15H17F3N2O2/c16-15(17,18)12-3-1-11(2-4-12)7-20-10-14(5-6-19-9-14)22-8-13(20)21/h1-4,19H,5-10H2. The molecule has 2 heterocycles. The average molecular weight is 314 g/mol. The van der Waals surface area contributed by atoms with Crippen LogP contribution in [0.4, 0.5) is 13.2 Å². The van der Waals surface area contributed by atoms with Crippen LogP contribution >= 0.6 is 0 Å². The van der Waals surface area contributed by atoms with Gasteiger partial charge in [0.25, 0.3) is 0 Å². The fourth-order valence-electron chi connectivity index (χ4n) is 2.93. The van der Waals surface area contributed by atoms with Gasteiger partial charge in [0, 0.05) is 13.1 Å². The molecule has 2 aliphatic heterocycles. The van der Waals surface area contributed by atoms with E-state index in [-0.39, 0.29) is 18.1 Å². The van der Waals surface area contributed by atoms with Gasteiger partial charge in [0.05, 0.1) is 17.7 Å². The molecular weight excluding hydrogens is 297 g/mol. The van der Waals surface area contributed by atoms with E-state index in [1.165, 1.54) is 12.1 Å². The number of hydrogen-bond acceptors (Lipinski definition) is 3. The Morgan fingerprint density at radius 2 is 2.00 bits per heavy atom. The number of nitrogens with zero attached hydrogens (tertiary/aromatic N) is 1. The maximum Gasteiger partial charge on any atom is 0.416 e.